The van der Waals surface area contributed by atoms with Gasteiger partial charge in [0, 0.05) is 5.56 Å². The third-order valence-corrected chi connectivity index (χ3v) is 3.84. The highest BCUT2D eigenvalue weighted by Gasteiger charge is 2.12. The maximum absolute atomic E-state index is 12.2. The highest BCUT2D eigenvalue weighted by atomic mass is 35.5. The van der Waals surface area contributed by atoms with Crippen LogP contribution >= 0.6 is 11.6 Å². The summed E-state index contributed by atoms with van der Waals surface area (Å²) in [5, 5.41) is 3.12. The quantitative estimate of drug-likeness (QED) is 0.898. The molecular weight excluding hydrogens is 324 g/mol. The average molecular weight is 339 g/mol. The lowest BCUT2D eigenvalue weighted by Gasteiger charge is -2.11. The van der Waals surface area contributed by atoms with Gasteiger partial charge in [-0.05, 0) is 36.8 Å². The molecule has 0 bridgehead atoms. The molecule has 0 heterocycles. The summed E-state index contributed by atoms with van der Waals surface area (Å²) in [6.45, 7) is 1.75. The van der Waals surface area contributed by atoms with Gasteiger partial charge in [-0.25, -0.2) is 8.42 Å². The third kappa shape index (κ3) is 4.22. The highest BCUT2D eigenvalue weighted by Crippen LogP contribution is 2.23. The number of halogens is 1. The van der Waals surface area contributed by atoms with Crippen LogP contribution in [-0.4, -0.2) is 20.6 Å². The lowest BCUT2D eigenvalue weighted by atomic mass is 10.1. The first kappa shape index (κ1) is 16.3. The van der Waals surface area contributed by atoms with E-state index in [2.05, 4.69) is 10.0 Å². The standard InChI is InChI=1S/C15H15ClN2O3S/c1-10-7-8-11(9-14(10)18-22(2,20)21)15(19)17-13-6-4-3-5-12(13)16/h3-9,18H,1-2H3,(H,17,19). The van der Waals surface area contributed by atoms with Gasteiger partial charge < -0.3 is 5.32 Å². The van der Waals surface area contributed by atoms with Crippen molar-refractivity contribution in [2.24, 2.45) is 0 Å². The van der Waals surface area contributed by atoms with Gasteiger partial charge in [-0.2, -0.15) is 0 Å². The Morgan fingerprint density at radius 2 is 1.77 bits per heavy atom. The van der Waals surface area contributed by atoms with E-state index in [0.717, 1.165) is 11.8 Å². The first-order valence-electron chi connectivity index (χ1n) is 6.40. The van der Waals surface area contributed by atoms with Crippen LogP contribution in [0.3, 0.4) is 0 Å². The second kappa shape index (κ2) is 6.37. The number of carbonyl (C=O) groups excluding carboxylic acids is 1. The topological polar surface area (TPSA) is 75.3 Å². The number of sulfonamides is 1. The molecule has 1 amide bonds. The lowest BCUT2D eigenvalue weighted by molar-refractivity contribution is 0.102. The Balaban J connectivity index is 2.27. The molecule has 2 rings (SSSR count). The van der Waals surface area contributed by atoms with Gasteiger partial charge in [-0.15, -0.1) is 0 Å². The molecule has 2 aromatic rings. The van der Waals surface area contributed by atoms with Crippen LogP contribution in [0.15, 0.2) is 42.5 Å². The van der Waals surface area contributed by atoms with E-state index >= 15 is 0 Å². The molecule has 22 heavy (non-hydrogen) atoms. The van der Waals surface area contributed by atoms with E-state index in [0.29, 0.717) is 22.0 Å². The summed E-state index contributed by atoms with van der Waals surface area (Å²) >= 11 is 5.99. The number of aryl methyl sites for hydroxylation is 1. The molecular formula is C15H15ClN2O3S. The van der Waals surface area contributed by atoms with Crippen LogP contribution in [0.2, 0.25) is 5.02 Å². The lowest BCUT2D eigenvalue weighted by Crippen LogP contribution is -2.14. The SMILES string of the molecule is Cc1ccc(C(=O)Nc2ccccc2Cl)cc1NS(C)(=O)=O. The van der Waals surface area contributed by atoms with Crippen LogP contribution < -0.4 is 10.0 Å². The Morgan fingerprint density at radius 1 is 1.09 bits per heavy atom. The molecule has 7 heteroatoms. The van der Waals surface area contributed by atoms with Crippen LogP contribution in [-0.2, 0) is 10.0 Å². The molecule has 0 aliphatic carbocycles. The van der Waals surface area contributed by atoms with Crippen molar-refractivity contribution >= 4 is 38.9 Å². The molecule has 0 aliphatic rings. The summed E-state index contributed by atoms with van der Waals surface area (Å²) in [6, 6.07) is 11.7. The van der Waals surface area contributed by atoms with Crippen molar-refractivity contribution < 1.29 is 13.2 Å². The van der Waals surface area contributed by atoms with Gasteiger partial charge in [0.25, 0.3) is 5.91 Å². The summed E-state index contributed by atoms with van der Waals surface area (Å²) < 4.78 is 25.1. The maximum atomic E-state index is 12.2. The van der Waals surface area contributed by atoms with Crippen LogP contribution in [0.25, 0.3) is 0 Å². The van der Waals surface area contributed by atoms with E-state index in [1.165, 1.54) is 6.07 Å². The molecule has 0 radical (unpaired) electrons. The number of hydrogen-bond acceptors (Lipinski definition) is 3. The number of benzene rings is 2. The largest absolute Gasteiger partial charge is 0.321 e. The Labute approximate surface area is 134 Å². The van der Waals surface area contributed by atoms with Gasteiger partial charge in [-0.1, -0.05) is 29.8 Å². The first-order chi connectivity index (χ1) is 10.3. The molecule has 0 fully saturated rings. The highest BCUT2D eigenvalue weighted by molar-refractivity contribution is 7.92. The summed E-state index contributed by atoms with van der Waals surface area (Å²) in [7, 11) is -3.41. The van der Waals surface area contributed by atoms with Gasteiger partial charge in [0.1, 0.15) is 0 Å². The fraction of sp³-hybridized carbons (Fsp3) is 0.133. The molecule has 0 saturated carbocycles. The molecule has 0 spiro atoms. The van der Waals surface area contributed by atoms with Gasteiger partial charge in [-0.3, -0.25) is 9.52 Å². The van der Waals surface area contributed by atoms with Gasteiger partial charge in [0.15, 0.2) is 0 Å². The summed E-state index contributed by atoms with van der Waals surface area (Å²) in [6.07, 6.45) is 1.06. The normalized spacial score (nSPS) is 11.0. The van der Waals surface area contributed by atoms with E-state index in [1.54, 1.807) is 43.3 Å². The van der Waals surface area contributed by atoms with Crippen LogP contribution in [0, 0.1) is 6.92 Å². The number of amides is 1. The molecule has 0 unspecified atom stereocenters. The minimum absolute atomic E-state index is 0.330. The molecule has 0 saturated heterocycles. The number of carbonyl (C=O) groups is 1. The summed E-state index contributed by atoms with van der Waals surface area (Å²) in [5.41, 5.74) is 1.91. The maximum Gasteiger partial charge on any atom is 0.255 e. The van der Waals surface area contributed by atoms with E-state index in [1.807, 2.05) is 0 Å². The average Bonchev–Trinajstić information content (AvgIpc) is 2.42. The van der Waals surface area contributed by atoms with Gasteiger partial charge in [0.2, 0.25) is 10.0 Å². The summed E-state index contributed by atoms with van der Waals surface area (Å²) in [4.78, 5) is 12.2. The smallest absolute Gasteiger partial charge is 0.255 e. The minimum Gasteiger partial charge on any atom is -0.321 e. The Kier molecular flexibility index (Phi) is 4.73. The molecule has 0 aromatic heterocycles. The van der Waals surface area contributed by atoms with E-state index in [-0.39, 0.29) is 5.91 Å². The number of hydrogen-bond donors (Lipinski definition) is 2. The molecule has 2 N–H and O–H groups in total. The molecule has 5 nitrogen and oxygen atoms in total. The van der Waals surface area contributed by atoms with Crippen molar-refractivity contribution in [2.75, 3.05) is 16.3 Å². The molecule has 2 aromatic carbocycles. The van der Waals surface area contributed by atoms with Crippen molar-refractivity contribution in [1.29, 1.82) is 0 Å². The van der Waals surface area contributed by atoms with Crippen LogP contribution in [0.4, 0.5) is 11.4 Å². The van der Waals surface area contributed by atoms with Crippen molar-refractivity contribution in [3.05, 3.63) is 58.6 Å². The second-order valence-corrected chi connectivity index (χ2v) is 6.99. The van der Waals surface area contributed by atoms with E-state index in [4.69, 9.17) is 11.6 Å². The number of nitrogens with one attached hydrogen (secondary N) is 2. The van der Waals surface area contributed by atoms with Crippen molar-refractivity contribution in [3.8, 4) is 0 Å². The van der Waals surface area contributed by atoms with E-state index < -0.39 is 10.0 Å². The Bertz CT molecular complexity index is 819. The summed E-state index contributed by atoms with van der Waals surface area (Å²) in [5.74, 6) is -0.371. The number of rotatable bonds is 4. The fourth-order valence-corrected chi connectivity index (χ4v) is 2.63. The fourth-order valence-electron chi connectivity index (χ4n) is 1.83. The predicted octanol–water partition coefficient (Wildman–Crippen LogP) is 3.27. The third-order valence-electron chi connectivity index (χ3n) is 2.92. The van der Waals surface area contributed by atoms with E-state index in [9.17, 15) is 13.2 Å². The van der Waals surface area contributed by atoms with Crippen molar-refractivity contribution in [1.82, 2.24) is 0 Å². The Hall–Kier alpha value is -2.05. The molecule has 116 valence electrons. The Morgan fingerprint density at radius 3 is 2.41 bits per heavy atom. The van der Waals surface area contributed by atoms with Crippen LogP contribution in [0.5, 0.6) is 0 Å². The molecule has 0 atom stereocenters. The van der Waals surface area contributed by atoms with Gasteiger partial charge in [0.05, 0.1) is 22.7 Å². The number of anilines is 2. The van der Waals surface area contributed by atoms with Crippen LogP contribution in [0.1, 0.15) is 15.9 Å². The second-order valence-electron chi connectivity index (χ2n) is 4.84. The van der Waals surface area contributed by atoms with Crippen molar-refractivity contribution in [2.45, 2.75) is 6.92 Å². The monoisotopic (exact) mass is 338 g/mol. The van der Waals surface area contributed by atoms with Crippen molar-refractivity contribution in [3.63, 3.8) is 0 Å². The predicted molar refractivity (Wildman–Crippen MR) is 89.1 cm³/mol. The molecule has 0 aliphatic heterocycles. The number of para-hydroxylation sites is 1. The minimum atomic E-state index is -3.41. The van der Waals surface area contributed by atoms with Gasteiger partial charge >= 0.3 is 0 Å². The first-order valence-corrected chi connectivity index (χ1v) is 8.67. The zero-order valence-corrected chi connectivity index (χ0v) is 13.6. The zero-order valence-electron chi connectivity index (χ0n) is 12.1. The zero-order chi connectivity index (χ0) is 16.3.